The Labute approximate surface area is 114 Å². The first-order chi connectivity index (χ1) is 9.09. The highest BCUT2D eigenvalue weighted by Gasteiger charge is 2.38. The van der Waals surface area contributed by atoms with Crippen molar-refractivity contribution >= 4 is 0 Å². The van der Waals surface area contributed by atoms with Crippen LogP contribution in [-0.2, 0) is 6.42 Å². The predicted molar refractivity (Wildman–Crippen MR) is 75.7 cm³/mol. The number of nitrogens with zero attached hydrogens (tertiary/aromatic N) is 1. The quantitative estimate of drug-likeness (QED) is 0.764. The minimum Gasteiger partial charge on any atom is -0.504 e. The maximum Gasteiger partial charge on any atom is 0.160 e. The number of aromatic hydroxyl groups is 2. The minimum atomic E-state index is 0.0220. The monoisotopic (exact) mass is 261 g/mol. The second-order valence-electron chi connectivity index (χ2n) is 6.19. The van der Waals surface area contributed by atoms with E-state index in [1.165, 1.54) is 24.9 Å². The van der Waals surface area contributed by atoms with Crippen molar-refractivity contribution in [2.45, 2.75) is 57.5 Å². The molecule has 1 aliphatic carbocycles. The number of likely N-dealkylation sites (tertiary alicyclic amines) is 1. The van der Waals surface area contributed by atoms with Gasteiger partial charge in [0, 0.05) is 17.6 Å². The van der Waals surface area contributed by atoms with E-state index in [9.17, 15) is 10.2 Å². The smallest absolute Gasteiger partial charge is 0.160 e. The fourth-order valence-electron chi connectivity index (χ4n) is 4.00. The number of hydrogen-bond acceptors (Lipinski definition) is 3. The van der Waals surface area contributed by atoms with Gasteiger partial charge in [0.25, 0.3) is 0 Å². The van der Waals surface area contributed by atoms with Crippen LogP contribution in [0.1, 0.15) is 50.2 Å². The molecule has 3 rings (SSSR count). The number of hydrogen-bond donors (Lipinski definition) is 2. The molecule has 1 aliphatic heterocycles. The lowest BCUT2D eigenvalue weighted by molar-refractivity contribution is 0.0811. The van der Waals surface area contributed by atoms with Gasteiger partial charge in [0.05, 0.1) is 0 Å². The molecule has 1 heterocycles. The first-order valence-electron chi connectivity index (χ1n) is 7.39. The van der Waals surface area contributed by atoms with Crippen LogP contribution in [0.5, 0.6) is 11.5 Å². The molecule has 0 aromatic heterocycles. The van der Waals surface area contributed by atoms with Crippen LogP contribution in [0.3, 0.4) is 0 Å². The highest BCUT2D eigenvalue weighted by Crippen LogP contribution is 2.45. The lowest BCUT2D eigenvalue weighted by Gasteiger charge is -2.47. The molecule has 3 heteroatoms. The zero-order valence-corrected chi connectivity index (χ0v) is 11.8. The second kappa shape index (κ2) is 4.71. The Hall–Kier alpha value is -1.22. The van der Waals surface area contributed by atoms with Gasteiger partial charge in [-0.25, -0.2) is 0 Å². The van der Waals surface area contributed by atoms with Gasteiger partial charge in [-0.15, -0.1) is 0 Å². The van der Waals surface area contributed by atoms with Crippen molar-refractivity contribution in [3.63, 3.8) is 0 Å². The summed E-state index contributed by atoms with van der Waals surface area (Å²) in [5, 5.41) is 19.7. The van der Waals surface area contributed by atoms with Gasteiger partial charge in [-0.2, -0.15) is 0 Å². The number of benzene rings is 1. The molecule has 0 radical (unpaired) electrons. The first kappa shape index (κ1) is 12.8. The molecule has 19 heavy (non-hydrogen) atoms. The molecule has 1 unspecified atom stereocenters. The number of phenolic OH excluding ortho intramolecular Hbond substituents is 2. The van der Waals surface area contributed by atoms with E-state index in [1.54, 1.807) is 6.07 Å². The van der Waals surface area contributed by atoms with Crippen molar-refractivity contribution in [3.8, 4) is 11.5 Å². The zero-order valence-electron chi connectivity index (χ0n) is 11.8. The second-order valence-corrected chi connectivity index (χ2v) is 6.19. The Kier molecular flexibility index (Phi) is 3.17. The fourth-order valence-corrected chi connectivity index (χ4v) is 4.00. The highest BCUT2D eigenvalue weighted by atomic mass is 16.3. The van der Waals surface area contributed by atoms with Crippen LogP contribution in [0, 0.1) is 0 Å². The van der Waals surface area contributed by atoms with Crippen molar-refractivity contribution in [1.82, 2.24) is 4.90 Å². The van der Waals surface area contributed by atoms with Gasteiger partial charge in [0.15, 0.2) is 11.5 Å². The number of phenols is 2. The molecular formula is C16H23NO2. The molecule has 2 N–H and O–H groups in total. The third-order valence-corrected chi connectivity index (χ3v) is 4.87. The summed E-state index contributed by atoms with van der Waals surface area (Å²) in [7, 11) is 0. The number of fused-ring (bicyclic) bond motifs is 3. The number of rotatable bonds is 1. The predicted octanol–water partition coefficient (Wildman–Crippen LogP) is 3.00. The highest BCUT2D eigenvalue weighted by molar-refractivity contribution is 5.51. The van der Waals surface area contributed by atoms with Gasteiger partial charge < -0.3 is 10.2 Å². The average Bonchev–Trinajstić information content (AvgIpc) is 2.41. The van der Waals surface area contributed by atoms with E-state index in [0.29, 0.717) is 18.0 Å². The zero-order chi connectivity index (χ0) is 13.6. The fraction of sp³-hybridized carbons (Fsp3) is 0.625. The van der Waals surface area contributed by atoms with E-state index in [0.717, 1.165) is 18.4 Å². The van der Waals surface area contributed by atoms with Gasteiger partial charge in [-0.1, -0.05) is 6.07 Å². The molecule has 1 saturated heterocycles. The Morgan fingerprint density at radius 1 is 1.21 bits per heavy atom. The maximum atomic E-state index is 10.0. The van der Waals surface area contributed by atoms with Gasteiger partial charge in [-0.05, 0) is 63.6 Å². The van der Waals surface area contributed by atoms with Crippen molar-refractivity contribution in [2.24, 2.45) is 0 Å². The lowest BCUT2D eigenvalue weighted by atomic mass is 9.73. The van der Waals surface area contributed by atoms with Gasteiger partial charge >= 0.3 is 0 Å². The van der Waals surface area contributed by atoms with Crippen LogP contribution < -0.4 is 0 Å². The summed E-state index contributed by atoms with van der Waals surface area (Å²) in [6.45, 7) is 5.73. The molecule has 0 spiro atoms. The molecule has 1 fully saturated rings. The van der Waals surface area contributed by atoms with E-state index in [-0.39, 0.29) is 11.5 Å². The summed E-state index contributed by atoms with van der Waals surface area (Å²) in [6.07, 6.45) is 4.39. The molecule has 104 valence electrons. The normalized spacial score (nSPS) is 27.1. The van der Waals surface area contributed by atoms with Crippen LogP contribution in [0.25, 0.3) is 0 Å². The summed E-state index contributed by atoms with van der Waals surface area (Å²) in [4.78, 5) is 2.61. The van der Waals surface area contributed by atoms with E-state index in [4.69, 9.17) is 0 Å². The summed E-state index contributed by atoms with van der Waals surface area (Å²) in [5.74, 6) is 0.651. The molecule has 3 nitrogen and oxygen atoms in total. The van der Waals surface area contributed by atoms with Crippen LogP contribution in [0.2, 0.25) is 0 Å². The lowest BCUT2D eigenvalue weighted by Crippen LogP contribution is -2.49. The van der Waals surface area contributed by atoms with Gasteiger partial charge in [0.1, 0.15) is 0 Å². The third kappa shape index (κ3) is 2.00. The molecule has 0 saturated carbocycles. The van der Waals surface area contributed by atoms with E-state index in [2.05, 4.69) is 18.7 Å². The summed E-state index contributed by atoms with van der Waals surface area (Å²) >= 11 is 0. The van der Waals surface area contributed by atoms with Crippen molar-refractivity contribution in [1.29, 1.82) is 0 Å². The Balaban J connectivity index is 1.99. The van der Waals surface area contributed by atoms with Crippen LogP contribution >= 0.6 is 0 Å². The SMILES string of the molecule is CC(C)N1CCC[C@H]2c3ccc(O)c(O)c3CCC21. The average molecular weight is 261 g/mol. The third-order valence-electron chi connectivity index (χ3n) is 4.87. The Morgan fingerprint density at radius 3 is 2.74 bits per heavy atom. The van der Waals surface area contributed by atoms with E-state index in [1.807, 2.05) is 6.07 Å². The standard InChI is InChI=1S/C16H23NO2/c1-10(2)17-9-3-4-12-11-6-8-15(18)16(19)13(11)5-7-14(12)17/h6,8,10,12,14,18-19H,3-5,7,9H2,1-2H3/t12-,14?/m0/s1. The molecule has 0 bridgehead atoms. The summed E-state index contributed by atoms with van der Waals surface area (Å²) in [5.41, 5.74) is 2.24. The summed E-state index contributed by atoms with van der Waals surface area (Å²) < 4.78 is 0. The first-order valence-corrected chi connectivity index (χ1v) is 7.39. The molecule has 2 aliphatic rings. The van der Waals surface area contributed by atoms with Crippen molar-refractivity contribution in [3.05, 3.63) is 23.3 Å². The Bertz CT molecular complexity index is 484. The molecule has 1 aromatic carbocycles. The minimum absolute atomic E-state index is 0.0220. The van der Waals surface area contributed by atoms with Crippen LogP contribution in [0.4, 0.5) is 0 Å². The summed E-state index contributed by atoms with van der Waals surface area (Å²) in [6, 6.07) is 4.85. The Morgan fingerprint density at radius 2 is 2.00 bits per heavy atom. The maximum absolute atomic E-state index is 10.0. The van der Waals surface area contributed by atoms with Gasteiger partial charge in [0.2, 0.25) is 0 Å². The molecule has 2 atom stereocenters. The van der Waals surface area contributed by atoms with Crippen molar-refractivity contribution in [2.75, 3.05) is 6.54 Å². The van der Waals surface area contributed by atoms with E-state index < -0.39 is 0 Å². The molecular weight excluding hydrogens is 238 g/mol. The van der Waals surface area contributed by atoms with Crippen molar-refractivity contribution < 1.29 is 10.2 Å². The molecule has 0 amide bonds. The topological polar surface area (TPSA) is 43.7 Å². The molecule has 1 aromatic rings. The van der Waals surface area contributed by atoms with Crippen LogP contribution in [0.15, 0.2) is 12.1 Å². The van der Waals surface area contributed by atoms with Gasteiger partial charge in [-0.3, -0.25) is 4.90 Å². The largest absolute Gasteiger partial charge is 0.504 e. The van der Waals surface area contributed by atoms with E-state index >= 15 is 0 Å². The number of piperidine rings is 1. The van der Waals surface area contributed by atoms with Crippen LogP contribution in [-0.4, -0.2) is 33.7 Å².